The predicted molar refractivity (Wildman–Crippen MR) is 117 cm³/mol. The highest BCUT2D eigenvalue weighted by molar-refractivity contribution is 7.13. The summed E-state index contributed by atoms with van der Waals surface area (Å²) in [6.07, 6.45) is 2.03. The number of aromatic nitrogens is 2. The van der Waals surface area contributed by atoms with Crippen molar-refractivity contribution in [2.24, 2.45) is 0 Å². The molecule has 4 aromatic rings. The Kier molecular flexibility index (Phi) is 4.82. The van der Waals surface area contributed by atoms with Crippen molar-refractivity contribution >= 4 is 28.1 Å². The van der Waals surface area contributed by atoms with Crippen molar-refractivity contribution in [3.63, 3.8) is 0 Å². The molecule has 0 unspecified atom stereocenters. The van der Waals surface area contributed by atoms with E-state index in [1.54, 1.807) is 11.3 Å². The molecule has 1 fully saturated rings. The van der Waals surface area contributed by atoms with E-state index >= 15 is 0 Å². The van der Waals surface area contributed by atoms with Crippen molar-refractivity contribution in [2.75, 3.05) is 13.1 Å². The van der Waals surface area contributed by atoms with E-state index in [9.17, 15) is 4.79 Å². The van der Waals surface area contributed by atoms with Gasteiger partial charge >= 0.3 is 0 Å². The van der Waals surface area contributed by atoms with Gasteiger partial charge in [-0.05, 0) is 48.6 Å². The monoisotopic (exact) mass is 399 g/mol. The Bertz CT molecular complexity index is 1160. The number of carbonyl (C=O) groups excluding carboxylic acids is 1. The SMILES string of the molecule is O=C(c1ccc2ccccc2n1)N1CCC[C@H](c2cccc(-c3cccs3)n2)C1. The highest BCUT2D eigenvalue weighted by atomic mass is 32.1. The molecule has 1 amide bonds. The van der Waals surface area contributed by atoms with Crippen LogP contribution in [0.25, 0.3) is 21.5 Å². The summed E-state index contributed by atoms with van der Waals surface area (Å²) in [6, 6.07) is 22.1. The molecule has 1 atom stereocenters. The van der Waals surface area contributed by atoms with Gasteiger partial charge in [-0.15, -0.1) is 11.3 Å². The third-order valence-corrected chi connectivity index (χ3v) is 6.38. The number of piperidine rings is 1. The van der Waals surface area contributed by atoms with Crippen LogP contribution >= 0.6 is 11.3 Å². The summed E-state index contributed by atoms with van der Waals surface area (Å²) in [4.78, 5) is 25.7. The highest BCUT2D eigenvalue weighted by Crippen LogP contribution is 2.29. The zero-order valence-electron chi connectivity index (χ0n) is 16.0. The van der Waals surface area contributed by atoms with Gasteiger partial charge in [-0.2, -0.15) is 0 Å². The number of rotatable bonds is 3. The zero-order valence-corrected chi connectivity index (χ0v) is 16.8. The van der Waals surface area contributed by atoms with Crippen LogP contribution < -0.4 is 0 Å². The predicted octanol–water partition coefficient (Wildman–Crippen LogP) is 5.38. The number of nitrogens with zero attached hydrogens (tertiary/aromatic N) is 3. The largest absolute Gasteiger partial charge is 0.337 e. The molecule has 3 aromatic heterocycles. The average Bonchev–Trinajstić information content (AvgIpc) is 3.33. The van der Waals surface area contributed by atoms with E-state index in [1.807, 2.05) is 47.4 Å². The number of thiophene rings is 1. The molecule has 4 heterocycles. The molecule has 144 valence electrons. The van der Waals surface area contributed by atoms with Crippen LogP contribution in [0.3, 0.4) is 0 Å². The van der Waals surface area contributed by atoms with E-state index in [0.717, 1.165) is 41.7 Å². The van der Waals surface area contributed by atoms with Crippen molar-refractivity contribution in [2.45, 2.75) is 18.8 Å². The zero-order chi connectivity index (χ0) is 19.6. The van der Waals surface area contributed by atoms with Crippen molar-refractivity contribution < 1.29 is 4.79 Å². The van der Waals surface area contributed by atoms with Crippen LogP contribution in [0.5, 0.6) is 0 Å². The Morgan fingerprint density at radius 3 is 2.79 bits per heavy atom. The molecular weight excluding hydrogens is 378 g/mol. The lowest BCUT2D eigenvalue weighted by Gasteiger charge is -2.32. The molecule has 0 bridgehead atoms. The minimum atomic E-state index is 0.00913. The first-order chi connectivity index (χ1) is 14.3. The Labute approximate surface area is 173 Å². The molecule has 1 saturated heterocycles. The fourth-order valence-electron chi connectivity index (χ4n) is 3.99. The second kappa shape index (κ2) is 7.76. The maximum Gasteiger partial charge on any atom is 0.272 e. The van der Waals surface area contributed by atoms with Gasteiger partial charge in [0.2, 0.25) is 0 Å². The summed E-state index contributed by atoms with van der Waals surface area (Å²) < 4.78 is 0. The molecular formula is C24H21N3OS. The van der Waals surface area contributed by atoms with Crippen molar-refractivity contribution in [3.05, 3.63) is 83.5 Å². The molecule has 1 aliphatic rings. The van der Waals surface area contributed by atoms with E-state index in [0.29, 0.717) is 12.2 Å². The quantitative estimate of drug-likeness (QED) is 0.465. The second-order valence-corrected chi connectivity index (χ2v) is 8.35. The van der Waals surface area contributed by atoms with E-state index in [4.69, 9.17) is 4.98 Å². The molecule has 4 nitrogen and oxygen atoms in total. The fourth-order valence-corrected chi connectivity index (χ4v) is 4.69. The number of pyridine rings is 2. The number of benzene rings is 1. The van der Waals surface area contributed by atoms with Gasteiger partial charge in [0, 0.05) is 30.1 Å². The Morgan fingerprint density at radius 2 is 1.90 bits per heavy atom. The van der Waals surface area contributed by atoms with Gasteiger partial charge < -0.3 is 4.90 Å². The molecule has 0 N–H and O–H groups in total. The highest BCUT2D eigenvalue weighted by Gasteiger charge is 2.27. The van der Waals surface area contributed by atoms with E-state index < -0.39 is 0 Å². The minimum Gasteiger partial charge on any atom is -0.337 e. The molecule has 5 rings (SSSR count). The summed E-state index contributed by atoms with van der Waals surface area (Å²) in [7, 11) is 0. The Morgan fingerprint density at radius 1 is 0.966 bits per heavy atom. The summed E-state index contributed by atoms with van der Waals surface area (Å²) in [5.74, 6) is 0.267. The number of para-hydroxylation sites is 1. The van der Waals surface area contributed by atoms with Gasteiger partial charge in [0.15, 0.2) is 0 Å². The van der Waals surface area contributed by atoms with E-state index in [2.05, 4.69) is 34.6 Å². The molecule has 5 heteroatoms. The number of hydrogen-bond acceptors (Lipinski definition) is 4. The van der Waals surface area contributed by atoms with Crippen LogP contribution in [0.1, 0.15) is 34.9 Å². The molecule has 29 heavy (non-hydrogen) atoms. The maximum absolute atomic E-state index is 13.1. The van der Waals surface area contributed by atoms with Crippen LogP contribution in [-0.2, 0) is 0 Å². The second-order valence-electron chi connectivity index (χ2n) is 7.40. The van der Waals surface area contributed by atoms with Crippen LogP contribution in [-0.4, -0.2) is 33.9 Å². The van der Waals surface area contributed by atoms with E-state index in [1.165, 1.54) is 4.88 Å². The third-order valence-electron chi connectivity index (χ3n) is 5.49. The van der Waals surface area contributed by atoms with Gasteiger partial charge in [0.25, 0.3) is 5.91 Å². The summed E-state index contributed by atoms with van der Waals surface area (Å²) in [6.45, 7) is 1.46. The fraction of sp³-hybridized carbons (Fsp3) is 0.208. The Balaban J connectivity index is 1.37. The maximum atomic E-state index is 13.1. The molecule has 0 spiro atoms. The number of likely N-dealkylation sites (tertiary alicyclic amines) is 1. The van der Waals surface area contributed by atoms with Crippen molar-refractivity contribution in [1.29, 1.82) is 0 Å². The van der Waals surface area contributed by atoms with Crippen LogP contribution in [0.15, 0.2) is 72.1 Å². The van der Waals surface area contributed by atoms with Gasteiger partial charge in [0.05, 0.1) is 16.1 Å². The molecule has 1 aromatic carbocycles. The lowest BCUT2D eigenvalue weighted by molar-refractivity contribution is 0.0700. The van der Waals surface area contributed by atoms with Crippen LogP contribution in [0.4, 0.5) is 0 Å². The number of amides is 1. The first-order valence-electron chi connectivity index (χ1n) is 9.94. The van der Waals surface area contributed by atoms with Gasteiger partial charge in [-0.25, -0.2) is 4.98 Å². The summed E-state index contributed by atoms with van der Waals surface area (Å²) in [5.41, 5.74) is 3.46. The van der Waals surface area contributed by atoms with Crippen molar-refractivity contribution in [1.82, 2.24) is 14.9 Å². The topological polar surface area (TPSA) is 46.1 Å². The van der Waals surface area contributed by atoms with Gasteiger partial charge in [-0.3, -0.25) is 9.78 Å². The standard InChI is InChI=1S/C24H21N3OS/c28-24(22-13-12-17-6-1-2-8-19(17)26-22)27-14-4-7-18(16-27)20-9-3-10-21(25-20)23-11-5-15-29-23/h1-3,5-6,8-13,15,18H,4,7,14,16H2/t18-/m0/s1. The molecule has 0 aliphatic carbocycles. The number of carbonyl (C=O) groups is 1. The number of fused-ring (bicyclic) bond motifs is 1. The molecule has 1 aliphatic heterocycles. The molecule has 0 saturated carbocycles. The van der Waals surface area contributed by atoms with Crippen molar-refractivity contribution in [3.8, 4) is 10.6 Å². The van der Waals surface area contributed by atoms with Gasteiger partial charge in [0.1, 0.15) is 5.69 Å². The smallest absolute Gasteiger partial charge is 0.272 e. The Hall–Kier alpha value is -3.05. The summed E-state index contributed by atoms with van der Waals surface area (Å²) >= 11 is 1.70. The van der Waals surface area contributed by atoms with Crippen LogP contribution in [0, 0.1) is 0 Å². The van der Waals surface area contributed by atoms with Gasteiger partial charge in [-0.1, -0.05) is 36.4 Å². The lowest BCUT2D eigenvalue weighted by atomic mass is 9.93. The minimum absolute atomic E-state index is 0.00913. The summed E-state index contributed by atoms with van der Waals surface area (Å²) in [5, 5.41) is 3.12. The lowest BCUT2D eigenvalue weighted by Crippen LogP contribution is -2.39. The number of hydrogen-bond donors (Lipinski definition) is 0. The first-order valence-corrected chi connectivity index (χ1v) is 10.8. The average molecular weight is 400 g/mol. The van der Waals surface area contributed by atoms with E-state index in [-0.39, 0.29) is 11.8 Å². The first kappa shape index (κ1) is 18.0. The molecule has 0 radical (unpaired) electrons. The van der Waals surface area contributed by atoms with Crippen LogP contribution in [0.2, 0.25) is 0 Å². The normalized spacial score (nSPS) is 16.8. The third kappa shape index (κ3) is 3.66.